The molecule has 1 aliphatic rings. The molecular weight excluding hydrogens is 248 g/mol. The molecule has 0 radical (unpaired) electrons. The minimum atomic E-state index is 0.360. The van der Waals surface area contributed by atoms with Gasteiger partial charge in [0.15, 0.2) is 5.82 Å². The smallest absolute Gasteiger partial charge is 0.161 e. The van der Waals surface area contributed by atoms with Gasteiger partial charge in [0, 0.05) is 26.8 Å². The van der Waals surface area contributed by atoms with Crippen molar-refractivity contribution in [1.82, 2.24) is 10.2 Å². The van der Waals surface area contributed by atoms with Gasteiger partial charge >= 0.3 is 0 Å². The Morgan fingerprint density at radius 3 is 2.94 bits per heavy atom. The van der Waals surface area contributed by atoms with E-state index in [-0.39, 0.29) is 0 Å². The Labute approximate surface area is 112 Å². The van der Waals surface area contributed by atoms with Gasteiger partial charge < -0.3 is 15.4 Å². The Kier molecular flexibility index (Phi) is 4.43. The van der Waals surface area contributed by atoms with Crippen molar-refractivity contribution in [2.75, 3.05) is 31.7 Å². The SMILES string of the molecule is CN(CC1CCOCC1)c1nnccc1C(N)=S. The summed E-state index contributed by atoms with van der Waals surface area (Å²) < 4.78 is 5.36. The van der Waals surface area contributed by atoms with E-state index in [0.717, 1.165) is 44.0 Å². The van der Waals surface area contributed by atoms with Crippen molar-refractivity contribution in [3.8, 4) is 0 Å². The highest BCUT2D eigenvalue weighted by Crippen LogP contribution is 2.20. The van der Waals surface area contributed by atoms with Gasteiger partial charge in [0.05, 0.1) is 11.8 Å². The molecular formula is C12H18N4OS. The average Bonchev–Trinajstić information content (AvgIpc) is 2.40. The normalized spacial score (nSPS) is 16.5. The largest absolute Gasteiger partial charge is 0.389 e. The molecule has 1 aliphatic heterocycles. The molecule has 1 fully saturated rings. The average molecular weight is 266 g/mol. The maximum absolute atomic E-state index is 5.70. The van der Waals surface area contributed by atoms with Crippen molar-refractivity contribution in [2.24, 2.45) is 11.7 Å². The van der Waals surface area contributed by atoms with Crippen LogP contribution in [-0.4, -0.2) is 42.0 Å². The lowest BCUT2D eigenvalue weighted by Crippen LogP contribution is -2.31. The van der Waals surface area contributed by atoms with E-state index in [1.807, 2.05) is 13.1 Å². The molecule has 0 saturated carbocycles. The first-order valence-electron chi connectivity index (χ1n) is 6.09. The number of hydrogen-bond acceptors (Lipinski definition) is 5. The van der Waals surface area contributed by atoms with Crippen LogP contribution in [0.25, 0.3) is 0 Å². The minimum Gasteiger partial charge on any atom is -0.389 e. The van der Waals surface area contributed by atoms with Crippen LogP contribution in [0.5, 0.6) is 0 Å². The molecule has 1 aromatic heterocycles. The number of hydrogen-bond donors (Lipinski definition) is 1. The van der Waals surface area contributed by atoms with Crippen molar-refractivity contribution >= 4 is 23.0 Å². The molecule has 0 atom stereocenters. The Morgan fingerprint density at radius 2 is 2.28 bits per heavy atom. The lowest BCUT2D eigenvalue weighted by atomic mass is 10.00. The van der Waals surface area contributed by atoms with Gasteiger partial charge in [0.25, 0.3) is 0 Å². The summed E-state index contributed by atoms with van der Waals surface area (Å²) >= 11 is 5.04. The Hall–Kier alpha value is -1.27. The second-order valence-electron chi connectivity index (χ2n) is 4.57. The van der Waals surface area contributed by atoms with Crippen molar-refractivity contribution < 1.29 is 4.74 Å². The van der Waals surface area contributed by atoms with Gasteiger partial charge in [-0.3, -0.25) is 0 Å². The number of nitrogens with two attached hydrogens (primary N) is 1. The van der Waals surface area contributed by atoms with Gasteiger partial charge in [-0.25, -0.2) is 0 Å². The van der Waals surface area contributed by atoms with Gasteiger partial charge in [-0.1, -0.05) is 12.2 Å². The van der Waals surface area contributed by atoms with E-state index in [1.165, 1.54) is 0 Å². The number of thiocarbonyl (C=S) groups is 1. The van der Waals surface area contributed by atoms with E-state index >= 15 is 0 Å². The maximum Gasteiger partial charge on any atom is 0.161 e. The quantitative estimate of drug-likeness (QED) is 0.819. The highest BCUT2D eigenvalue weighted by atomic mass is 32.1. The molecule has 1 aromatic rings. The summed E-state index contributed by atoms with van der Waals surface area (Å²) in [6, 6.07) is 1.81. The summed E-state index contributed by atoms with van der Waals surface area (Å²) in [4.78, 5) is 2.44. The van der Waals surface area contributed by atoms with E-state index in [0.29, 0.717) is 10.9 Å². The second kappa shape index (κ2) is 6.06. The van der Waals surface area contributed by atoms with Crippen LogP contribution in [0.4, 0.5) is 5.82 Å². The predicted octanol–water partition coefficient (Wildman–Crippen LogP) is 0.974. The molecule has 2 rings (SSSR count). The molecule has 0 spiro atoms. The van der Waals surface area contributed by atoms with E-state index < -0.39 is 0 Å². The molecule has 6 heteroatoms. The van der Waals surface area contributed by atoms with Gasteiger partial charge in [0.2, 0.25) is 0 Å². The number of nitrogens with zero attached hydrogens (tertiary/aromatic N) is 3. The van der Waals surface area contributed by atoms with Crippen molar-refractivity contribution in [2.45, 2.75) is 12.8 Å². The molecule has 1 saturated heterocycles. The molecule has 2 N–H and O–H groups in total. The zero-order valence-corrected chi connectivity index (χ0v) is 11.3. The third kappa shape index (κ3) is 3.14. The Bertz CT molecular complexity index is 420. The third-order valence-electron chi connectivity index (χ3n) is 3.20. The monoisotopic (exact) mass is 266 g/mol. The van der Waals surface area contributed by atoms with E-state index in [1.54, 1.807) is 6.20 Å². The first-order chi connectivity index (χ1) is 8.68. The zero-order valence-electron chi connectivity index (χ0n) is 10.5. The number of ether oxygens (including phenoxy) is 1. The number of aromatic nitrogens is 2. The first-order valence-corrected chi connectivity index (χ1v) is 6.49. The van der Waals surface area contributed by atoms with Gasteiger partial charge in [-0.05, 0) is 24.8 Å². The fraction of sp³-hybridized carbons (Fsp3) is 0.583. The van der Waals surface area contributed by atoms with E-state index in [4.69, 9.17) is 22.7 Å². The lowest BCUT2D eigenvalue weighted by molar-refractivity contribution is 0.0685. The highest BCUT2D eigenvalue weighted by molar-refractivity contribution is 7.80. The fourth-order valence-electron chi connectivity index (χ4n) is 2.20. The summed E-state index contributed by atoms with van der Waals surface area (Å²) in [5.41, 5.74) is 6.49. The van der Waals surface area contributed by atoms with Crippen LogP contribution in [0.15, 0.2) is 12.3 Å². The van der Waals surface area contributed by atoms with Crippen LogP contribution >= 0.6 is 12.2 Å². The molecule has 0 aliphatic carbocycles. The van der Waals surface area contributed by atoms with Crippen molar-refractivity contribution in [1.29, 1.82) is 0 Å². The summed E-state index contributed by atoms with van der Waals surface area (Å²) in [6.45, 7) is 2.62. The molecule has 0 unspecified atom stereocenters. The molecule has 98 valence electrons. The predicted molar refractivity (Wildman–Crippen MR) is 74.7 cm³/mol. The summed E-state index contributed by atoms with van der Waals surface area (Å²) in [5, 5.41) is 8.05. The zero-order chi connectivity index (χ0) is 13.0. The molecule has 18 heavy (non-hydrogen) atoms. The highest BCUT2D eigenvalue weighted by Gasteiger charge is 2.18. The molecule has 0 bridgehead atoms. The molecule has 2 heterocycles. The Morgan fingerprint density at radius 1 is 1.56 bits per heavy atom. The van der Waals surface area contributed by atoms with Crippen molar-refractivity contribution in [3.05, 3.63) is 17.8 Å². The Balaban J connectivity index is 2.08. The molecule has 0 amide bonds. The van der Waals surface area contributed by atoms with Crippen LogP contribution in [0.1, 0.15) is 18.4 Å². The summed E-state index contributed by atoms with van der Waals surface area (Å²) in [5.74, 6) is 1.39. The minimum absolute atomic E-state index is 0.360. The molecule has 0 aromatic carbocycles. The van der Waals surface area contributed by atoms with Crippen LogP contribution in [0, 0.1) is 5.92 Å². The third-order valence-corrected chi connectivity index (χ3v) is 3.42. The summed E-state index contributed by atoms with van der Waals surface area (Å²) in [7, 11) is 2.00. The van der Waals surface area contributed by atoms with Crippen molar-refractivity contribution in [3.63, 3.8) is 0 Å². The van der Waals surface area contributed by atoms with Crippen LogP contribution in [0.2, 0.25) is 0 Å². The first kappa shape index (κ1) is 13.2. The van der Waals surface area contributed by atoms with Gasteiger partial charge in [0.1, 0.15) is 4.99 Å². The van der Waals surface area contributed by atoms with E-state index in [2.05, 4.69) is 15.1 Å². The lowest BCUT2D eigenvalue weighted by Gasteiger charge is -2.28. The van der Waals surface area contributed by atoms with Gasteiger partial charge in [-0.2, -0.15) is 5.10 Å². The topological polar surface area (TPSA) is 64.3 Å². The van der Waals surface area contributed by atoms with Crippen LogP contribution in [0.3, 0.4) is 0 Å². The maximum atomic E-state index is 5.70. The molecule has 5 nitrogen and oxygen atoms in total. The van der Waals surface area contributed by atoms with Gasteiger partial charge in [-0.15, -0.1) is 5.10 Å². The standard InChI is InChI=1S/C12H18N4OS/c1-16(8-9-3-6-17-7-4-9)12-10(11(13)18)2-5-14-15-12/h2,5,9H,3-4,6-8H2,1H3,(H2,13,18). The number of anilines is 1. The summed E-state index contributed by atoms with van der Waals surface area (Å²) in [6.07, 6.45) is 3.79. The number of rotatable bonds is 4. The fourth-order valence-corrected chi connectivity index (χ4v) is 2.36. The second-order valence-corrected chi connectivity index (χ2v) is 5.01. The van der Waals surface area contributed by atoms with E-state index in [9.17, 15) is 0 Å². The van der Waals surface area contributed by atoms with Crippen LogP contribution in [-0.2, 0) is 4.74 Å². The van der Waals surface area contributed by atoms with Crippen LogP contribution < -0.4 is 10.6 Å².